The van der Waals surface area contributed by atoms with Crippen LogP contribution in [0.5, 0.6) is 0 Å². The van der Waals surface area contributed by atoms with Gasteiger partial charge in [0.25, 0.3) is 0 Å². The van der Waals surface area contributed by atoms with Crippen LogP contribution in [0.3, 0.4) is 0 Å². The van der Waals surface area contributed by atoms with Crippen LogP contribution in [0.1, 0.15) is 39.3 Å². The van der Waals surface area contributed by atoms with Gasteiger partial charge in [-0.3, -0.25) is 9.19 Å². The van der Waals surface area contributed by atoms with Crippen molar-refractivity contribution < 1.29 is 13.7 Å². The third-order valence-electron chi connectivity index (χ3n) is 3.61. The second-order valence-corrected chi connectivity index (χ2v) is 8.30. The fourth-order valence-corrected chi connectivity index (χ4v) is 4.02. The molecule has 0 spiro atoms. The minimum Gasteiger partial charge on any atom is -0.444 e. The van der Waals surface area contributed by atoms with Gasteiger partial charge in [-0.2, -0.15) is 0 Å². The molecule has 0 bridgehead atoms. The highest BCUT2D eigenvalue weighted by atomic mass is 32.2. The Bertz CT molecular complexity index is 586. The summed E-state index contributed by atoms with van der Waals surface area (Å²) in [4.78, 5) is 22.2. The van der Waals surface area contributed by atoms with Crippen molar-refractivity contribution in [1.82, 2.24) is 14.9 Å². The van der Waals surface area contributed by atoms with Crippen molar-refractivity contribution in [1.29, 1.82) is 0 Å². The number of likely N-dealkylation sites (tertiary alicyclic amines) is 1. The van der Waals surface area contributed by atoms with Crippen molar-refractivity contribution >= 4 is 16.9 Å². The molecule has 1 fully saturated rings. The van der Waals surface area contributed by atoms with E-state index in [1.807, 2.05) is 27.7 Å². The molecule has 1 aromatic rings. The lowest BCUT2D eigenvalue weighted by molar-refractivity contribution is 0.0176. The summed E-state index contributed by atoms with van der Waals surface area (Å²) >= 11 is 0. The summed E-state index contributed by atoms with van der Waals surface area (Å²) in [6, 6.07) is 0. The summed E-state index contributed by atoms with van der Waals surface area (Å²) in [5, 5.41) is 0.543. The molecule has 6 nitrogen and oxygen atoms in total. The topological polar surface area (TPSA) is 72.4 Å². The Kier molecular flexibility index (Phi) is 5.73. The number of amides is 1. The lowest BCUT2D eigenvalue weighted by atomic mass is 10.0. The van der Waals surface area contributed by atoms with E-state index in [2.05, 4.69) is 9.97 Å². The number of aromatic nitrogens is 2. The molecular weight excluding hydrogens is 314 g/mol. The van der Waals surface area contributed by atoms with Crippen molar-refractivity contribution in [3.63, 3.8) is 0 Å². The summed E-state index contributed by atoms with van der Waals surface area (Å²) in [5.74, 6) is 0.692. The zero-order valence-corrected chi connectivity index (χ0v) is 15.1. The second kappa shape index (κ2) is 7.38. The number of piperidine rings is 1. The highest BCUT2D eigenvalue weighted by Gasteiger charge is 2.29. The molecule has 1 aliphatic heterocycles. The number of carbonyl (C=O) groups is 1. The van der Waals surface area contributed by atoms with E-state index in [-0.39, 0.29) is 12.0 Å². The Morgan fingerprint density at radius 1 is 1.39 bits per heavy atom. The number of carbonyl (C=O) groups excluding carboxylic acids is 1. The first-order valence-electron chi connectivity index (χ1n) is 7.90. The van der Waals surface area contributed by atoms with E-state index in [9.17, 15) is 9.00 Å². The van der Waals surface area contributed by atoms with Gasteiger partial charge in [0.15, 0.2) is 0 Å². The normalized spacial score (nSPS) is 20.2. The Hall–Kier alpha value is -1.50. The maximum Gasteiger partial charge on any atom is 0.410 e. The SMILES string of the molecule is Cc1nccnc1[S@](=O)C[C@H]1CCCN(C(=O)OC(C)(C)C)C1. The van der Waals surface area contributed by atoms with Gasteiger partial charge in [0.2, 0.25) is 0 Å². The van der Waals surface area contributed by atoms with Crippen molar-refractivity contribution in [3.8, 4) is 0 Å². The largest absolute Gasteiger partial charge is 0.444 e. The Balaban J connectivity index is 1.95. The van der Waals surface area contributed by atoms with Crippen molar-refractivity contribution in [2.75, 3.05) is 18.8 Å². The first kappa shape index (κ1) is 17.8. The fraction of sp³-hybridized carbons (Fsp3) is 0.688. The molecule has 1 saturated heterocycles. The number of hydrogen-bond acceptors (Lipinski definition) is 5. The van der Waals surface area contributed by atoms with Gasteiger partial charge in [-0.05, 0) is 46.5 Å². The monoisotopic (exact) mass is 339 g/mol. The van der Waals surface area contributed by atoms with Gasteiger partial charge in [0, 0.05) is 31.2 Å². The van der Waals surface area contributed by atoms with Crippen molar-refractivity contribution in [2.24, 2.45) is 5.92 Å². The summed E-state index contributed by atoms with van der Waals surface area (Å²) in [7, 11) is -1.19. The third-order valence-corrected chi connectivity index (χ3v) is 5.22. The van der Waals surface area contributed by atoms with E-state index in [1.165, 1.54) is 0 Å². The summed E-state index contributed by atoms with van der Waals surface area (Å²) < 4.78 is 17.9. The van der Waals surface area contributed by atoms with Gasteiger partial charge in [-0.15, -0.1) is 0 Å². The fourth-order valence-electron chi connectivity index (χ4n) is 2.60. The smallest absolute Gasteiger partial charge is 0.410 e. The van der Waals surface area contributed by atoms with Crippen LogP contribution < -0.4 is 0 Å². The van der Waals surface area contributed by atoms with Crippen LogP contribution in [0.4, 0.5) is 4.79 Å². The van der Waals surface area contributed by atoms with Gasteiger partial charge in [0.05, 0.1) is 16.5 Å². The molecule has 7 heteroatoms. The van der Waals surface area contributed by atoms with Gasteiger partial charge >= 0.3 is 6.09 Å². The number of rotatable bonds is 3. The number of hydrogen-bond donors (Lipinski definition) is 0. The second-order valence-electron chi connectivity index (χ2n) is 6.89. The van der Waals surface area contributed by atoms with Crippen molar-refractivity contribution in [2.45, 2.75) is 51.2 Å². The molecule has 0 saturated carbocycles. The Morgan fingerprint density at radius 3 is 2.74 bits per heavy atom. The van der Waals surface area contributed by atoms with E-state index < -0.39 is 16.4 Å². The molecule has 1 aliphatic rings. The zero-order valence-electron chi connectivity index (χ0n) is 14.2. The van der Waals surface area contributed by atoms with Gasteiger partial charge < -0.3 is 9.64 Å². The molecule has 1 aromatic heterocycles. The molecule has 0 unspecified atom stereocenters. The minimum absolute atomic E-state index is 0.193. The van der Waals surface area contributed by atoms with Crippen LogP contribution in [-0.2, 0) is 15.5 Å². The number of aryl methyl sites for hydroxylation is 1. The molecule has 0 aliphatic carbocycles. The van der Waals surface area contributed by atoms with Gasteiger partial charge in [-0.1, -0.05) is 0 Å². The maximum absolute atomic E-state index is 12.5. The van der Waals surface area contributed by atoms with Gasteiger partial charge in [0.1, 0.15) is 10.6 Å². The summed E-state index contributed by atoms with van der Waals surface area (Å²) in [6.07, 6.45) is 4.74. The van der Waals surface area contributed by atoms with E-state index in [0.29, 0.717) is 29.6 Å². The molecular formula is C16H25N3O3S. The van der Waals surface area contributed by atoms with Crippen molar-refractivity contribution in [3.05, 3.63) is 18.1 Å². The Labute approximate surface area is 140 Å². The highest BCUT2D eigenvalue weighted by molar-refractivity contribution is 7.85. The van der Waals surface area contributed by atoms with E-state index in [1.54, 1.807) is 17.3 Å². The zero-order chi connectivity index (χ0) is 17.0. The summed E-state index contributed by atoms with van der Waals surface area (Å²) in [6.45, 7) is 8.67. The average Bonchev–Trinajstić information content (AvgIpc) is 2.46. The molecule has 1 amide bonds. The van der Waals surface area contributed by atoms with Crippen LogP contribution >= 0.6 is 0 Å². The van der Waals surface area contributed by atoms with Crippen LogP contribution in [-0.4, -0.2) is 49.6 Å². The first-order chi connectivity index (χ1) is 10.8. The first-order valence-corrected chi connectivity index (χ1v) is 9.22. The minimum atomic E-state index is -1.19. The van der Waals surface area contributed by atoms with Crippen LogP contribution in [0.25, 0.3) is 0 Å². The third kappa shape index (κ3) is 5.27. The molecule has 0 aromatic carbocycles. The number of ether oxygens (including phenoxy) is 1. The summed E-state index contributed by atoms with van der Waals surface area (Å²) in [5.41, 5.74) is 0.203. The lowest BCUT2D eigenvalue weighted by Crippen LogP contribution is -2.44. The van der Waals surface area contributed by atoms with Crippen LogP contribution in [0.15, 0.2) is 17.4 Å². The predicted molar refractivity (Wildman–Crippen MR) is 88.6 cm³/mol. The van der Waals surface area contributed by atoms with Gasteiger partial charge in [-0.25, -0.2) is 9.78 Å². The molecule has 2 atom stereocenters. The standard InChI is InChI=1S/C16H25N3O3S/c1-12-14(18-8-7-17-12)23(21)11-13-6-5-9-19(10-13)15(20)22-16(2,3)4/h7-8,13H,5-6,9-11H2,1-4H3/t13-,23+/m0/s1. The van der Waals surface area contributed by atoms with E-state index in [0.717, 1.165) is 12.8 Å². The molecule has 0 radical (unpaired) electrons. The quantitative estimate of drug-likeness (QED) is 0.846. The number of nitrogens with zero attached hydrogens (tertiary/aromatic N) is 3. The maximum atomic E-state index is 12.5. The predicted octanol–water partition coefficient (Wildman–Crippen LogP) is 2.54. The molecule has 2 heterocycles. The lowest BCUT2D eigenvalue weighted by Gasteiger charge is -2.33. The molecule has 2 rings (SSSR count). The van der Waals surface area contributed by atoms with E-state index in [4.69, 9.17) is 4.74 Å². The molecule has 128 valence electrons. The molecule has 0 N–H and O–H groups in total. The Morgan fingerprint density at radius 2 is 2.09 bits per heavy atom. The van der Waals surface area contributed by atoms with Crippen LogP contribution in [0.2, 0.25) is 0 Å². The highest BCUT2D eigenvalue weighted by Crippen LogP contribution is 2.21. The average molecular weight is 339 g/mol. The molecule has 23 heavy (non-hydrogen) atoms. The van der Waals surface area contributed by atoms with E-state index >= 15 is 0 Å². The van der Waals surface area contributed by atoms with Crippen LogP contribution in [0, 0.1) is 12.8 Å².